The number of halogens is 4. The summed E-state index contributed by atoms with van der Waals surface area (Å²) in [6, 6.07) is 11.9. The van der Waals surface area contributed by atoms with Crippen LogP contribution in [0.1, 0.15) is 11.4 Å². The SMILES string of the molecule is COc1cc([S+](C)[O-])ccc1NCc1nnc(-c2cc3c(N/C=C4\CCN(C)C[C@H]4F)cccc3n2CC(F)(F)F)s1. The monoisotopic (exact) mass is 622 g/mol. The third-order valence-corrected chi connectivity index (χ3v) is 8.84. The van der Waals surface area contributed by atoms with E-state index >= 15 is 0 Å². The molecular weight excluding hydrogens is 592 g/mol. The second-order valence-electron chi connectivity index (χ2n) is 9.98. The Bertz CT molecular complexity index is 1590. The van der Waals surface area contributed by atoms with Crippen molar-refractivity contribution in [3.05, 3.63) is 59.2 Å². The Morgan fingerprint density at radius 1 is 1.19 bits per heavy atom. The number of alkyl halides is 4. The number of benzene rings is 2. The summed E-state index contributed by atoms with van der Waals surface area (Å²) in [4.78, 5) is 2.54. The first-order chi connectivity index (χ1) is 20.0. The van der Waals surface area contributed by atoms with Gasteiger partial charge in [-0.3, -0.25) is 0 Å². The highest BCUT2D eigenvalue weighted by Gasteiger charge is 2.31. The molecule has 42 heavy (non-hydrogen) atoms. The van der Waals surface area contributed by atoms with Gasteiger partial charge in [0.05, 0.1) is 30.6 Å². The third-order valence-electron chi connectivity index (χ3n) is 6.97. The highest BCUT2D eigenvalue weighted by molar-refractivity contribution is 7.90. The maximum atomic E-state index is 14.5. The first-order valence-corrected chi connectivity index (χ1v) is 15.4. The fourth-order valence-corrected chi connectivity index (χ4v) is 6.16. The molecule has 0 amide bonds. The number of hydrogen-bond donors (Lipinski definition) is 2. The van der Waals surface area contributed by atoms with E-state index in [1.54, 1.807) is 54.9 Å². The molecule has 1 aliphatic rings. The summed E-state index contributed by atoms with van der Waals surface area (Å²) in [6.45, 7) is 0.0822. The minimum atomic E-state index is -4.47. The van der Waals surface area contributed by atoms with Crippen molar-refractivity contribution in [2.75, 3.05) is 44.1 Å². The Hall–Kier alpha value is -3.33. The molecule has 224 valence electrons. The quantitative estimate of drug-likeness (QED) is 0.174. The predicted octanol–water partition coefficient (Wildman–Crippen LogP) is 6.05. The Morgan fingerprint density at radius 2 is 2.00 bits per heavy atom. The van der Waals surface area contributed by atoms with Crippen LogP contribution in [-0.4, -0.2) is 70.1 Å². The number of anilines is 2. The molecule has 0 spiro atoms. The Labute approximate surface area is 247 Å². The first-order valence-electron chi connectivity index (χ1n) is 13.1. The van der Waals surface area contributed by atoms with Gasteiger partial charge in [-0.15, -0.1) is 10.2 Å². The number of fused-ring (bicyclic) bond motifs is 1. The molecule has 0 saturated carbocycles. The molecular formula is C28H30F4N6O2S2. The van der Waals surface area contributed by atoms with E-state index in [4.69, 9.17) is 4.74 Å². The minimum Gasteiger partial charge on any atom is -0.612 e. The number of methoxy groups -OCH3 is 1. The van der Waals surface area contributed by atoms with E-state index in [0.29, 0.717) is 61.5 Å². The maximum Gasteiger partial charge on any atom is 0.406 e. The Balaban J connectivity index is 1.43. The van der Waals surface area contributed by atoms with Gasteiger partial charge in [-0.2, -0.15) is 13.2 Å². The molecule has 5 rings (SSSR count). The van der Waals surface area contributed by atoms with Crippen molar-refractivity contribution >= 4 is 44.8 Å². The van der Waals surface area contributed by atoms with Crippen molar-refractivity contribution in [1.29, 1.82) is 0 Å². The van der Waals surface area contributed by atoms with Crippen molar-refractivity contribution < 1.29 is 26.9 Å². The van der Waals surface area contributed by atoms with E-state index < -0.39 is 30.1 Å². The van der Waals surface area contributed by atoms with Gasteiger partial charge in [0.1, 0.15) is 29.7 Å². The minimum absolute atomic E-state index is 0.252. The molecule has 1 aliphatic heterocycles. The molecule has 0 radical (unpaired) electrons. The normalized spacial score (nSPS) is 18.0. The van der Waals surface area contributed by atoms with Gasteiger partial charge >= 0.3 is 6.18 Å². The van der Waals surface area contributed by atoms with Crippen molar-refractivity contribution in [1.82, 2.24) is 19.7 Å². The summed E-state index contributed by atoms with van der Waals surface area (Å²) in [5.74, 6) is 0.507. The molecule has 2 atom stereocenters. The lowest BCUT2D eigenvalue weighted by molar-refractivity contribution is -0.139. The van der Waals surface area contributed by atoms with E-state index in [1.807, 2.05) is 11.9 Å². The smallest absolute Gasteiger partial charge is 0.406 e. The molecule has 1 saturated heterocycles. The summed E-state index contributed by atoms with van der Waals surface area (Å²) in [5.41, 5.74) is 2.50. The lowest BCUT2D eigenvalue weighted by Crippen LogP contribution is -2.35. The summed E-state index contributed by atoms with van der Waals surface area (Å²) >= 11 is 0.00778. The van der Waals surface area contributed by atoms with Gasteiger partial charge in [-0.05, 0) is 60.5 Å². The van der Waals surface area contributed by atoms with Crippen LogP contribution >= 0.6 is 11.3 Å². The number of rotatable bonds is 9. The molecule has 0 bridgehead atoms. The predicted molar refractivity (Wildman–Crippen MR) is 158 cm³/mol. The van der Waals surface area contributed by atoms with E-state index in [-0.39, 0.29) is 12.2 Å². The highest BCUT2D eigenvalue weighted by atomic mass is 32.2. The van der Waals surface area contributed by atoms with E-state index in [1.165, 1.54) is 23.0 Å². The largest absolute Gasteiger partial charge is 0.612 e. The number of nitrogens with one attached hydrogen (secondary N) is 2. The number of likely N-dealkylation sites (tertiary alicyclic amines) is 1. The van der Waals surface area contributed by atoms with Crippen LogP contribution in [0, 0.1) is 0 Å². The molecule has 2 aromatic carbocycles. The van der Waals surface area contributed by atoms with Crippen LogP contribution < -0.4 is 15.4 Å². The van der Waals surface area contributed by atoms with Crippen LogP contribution in [0.25, 0.3) is 21.6 Å². The number of piperidine rings is 1. The van der Waals surface area contributed by atoms with Gasteiger partial charge in [0, 0.05) is 36.4 Å². The molecule has 0 aliphatic carbocycles. The van der Waals surface area contributed by atoms with Crippen LogP contribution in [-0.2, 0) is 24.3 Å². The molecule has 8 nitrogen and oxygen atoms in total. The van der Waals surface area contributed by atoms with E-state index in [9.17, 15) is 22.1 Å². The third kappa shape index (κ3) is 6.83. The molecule has 1 unspecified atom stereocenters. The van der Waals surface area contributed by atoms with Crippen molar-refractivity contribution in [3.8, 4) is 16.5 Å². The fourth-order valence-electron chi connectivity index (χ4n) is 4.82. The second-order valence-corrected chi connectivity index (χ2v) is 12.4. The molecule has 2 N–H and O–H groups in total. The number of nitrogens with zero attached hydrogens (tertiary/aromatic N) is 4. The highest BCUT2D eigenvalue weighted by Crippen LogP contribution is 2.37. The zero-order valence-corrected chi connectivity index (χ0v) is 24.8. The Morgan fingerprint density at radius 3 is 2.71 bits per heavy atom. The number of aromatic nitrogens is 3. The van der Waals surface area contributed by atoms with Crippen LogP contribution in [0.2, 0.25) is 0 Å². The van der Waals surface area contributed by atoms with Gasteiger partial charge in [0.2, 0.25) is 0 Å². The average Bonchev–Trinajstić information content (AvgIpc) is 3.55. The van der Waals surface area contributed by atoms with Gasteiger partial charge < -0.3 is 29.4 Å². The number of ether oxygens (including phenoxy) is 1. The van der Waals surface area contributed by atoms with Crippen molar-refractivity contribution in [2.45, 2.75) is 36.8 Å². The van der Waals surface area contributed by atoms with Gasteiger partial charge in [0.15, 0.2) is 9.90 Å². The summed E-state index contributed by atoms with van der Waals surface area (Å²) in [5, 5.41) is 16.2. The van der Waals surface area contributed by atoms with Crippen LogP contribution in [0.15, 0.2) is 59.1 Å². The van der Waals surface area contributed by atoms with Crippen molar-refractivity contribution in [3.63, 3.8) is 0 Å². The lowest BCUT2D eigenvalue weighted by atomic mass is 10.0. The van der Waals surface area contributed by atoms with Gasteiger partial charge in [-0.25, -0.2) is 4.39 Å². The molecule has 1 fully saturated rings. The van der Waals surface area contributed by atoms with Gasteiger partial charge in [0.25, 0.3) is 0 Å². The molecule has 4 aromatic rings. The standard InChI is InChI=1S/C28H30F4N6O2S2/c1-37-10-9-17(20(29)15-37)13-33-21-5-4-6-23-19(21)12-24(38(23)16-28(30,31)32)27-36-35-26(41-27)14-34-22-8-7-18(42(3)39)11-25(22)40-2/h4-8,11-13,20,33-34H,9-10,14-16H2,1-3H3/b17-13+/t20-,42?/m1/s1. The van der Waals surface area contributed by atoms with Crippen molar-refractivity contribution in [2.24, 2.45) is 0 Å². The van der Waals surface area contributed by atoms with E-state index in [0.717, 1.165) is 6.54 Å². The maximum absolute atomic E-state index is 14.5. The zero-order valence-electron chi connectivity index (χ0n) is 23.2. The zero-order chi connectivity index (χ0) is 30.0. The summed E-state index contributed by atoms with van der Waals surface area (Å²) in [6.07, 6.45) is -1.81. The number of hydrogen-bond acceptors (Lipinski definition) is 8. The average molecular weight is 623 g/mol. The first kappa shape index (κ1) is 30.1. The molecule has 2 aromatic heterocycles. The van der Waals surface area contributed by atoms with Crippen LogP contribution in [0.4, 0.5) is 28.9 Å². The summed E-state index contributed by atoms with van der Waals surface area (Å²) < 4.78 is 74.0. The van der Waals surface area contributed by atoms with Crippen LogP contribution in [0.3, 0.4) is 0 Å². The topological polar surface area (TPSA) is 90.3 Å². The van der Waals surface area contributed by atoms with E-state index in [2.05, 4.69) is 20.8 Å². The molecule has 3 heterocycles. The second kappa shape index (κ2) is 12.5. The Kier molecular flexibility index (Phi) is 8.97. The van der Waals surface area contributed by atoms with Gasteiger partial charge in [-0.1, -0.05) is 17.4 Å². The molecule has 14 heteroatoms. The fraction of sp³-hybridized carbons (Fsp3) is 0.357. The summed E-state index contributed by atoms with van der Waals surface area (Å²) in [7, 11) is 3.37. The van der Waals surface area contributed by atoms with Crippen LogP contribution in [0.5, 0.6) is 5.75 Å². The lowest BCUT2D eigenvalue weighted by Gasteiger charge is -2.27.